The van der Waals surface area contributed by atoms with Gasteiger partial charge >= 0.3 is 0 Å². The Bertz CT molecular complexity index is 549. The number of halogens is 2. The molecule has 0 amide bonds. The molecule has 0 aliphatic carbocycles. The maximum Gasteiger partial charge on any atom is 0.146 e. The van der Waals surface area contributed by atoms with Crippen LogP contribution in [-0.4, -0.2) is 19.4 Å². The molecule has 0 radical (unpaired) electrons. The predicted molar refractivity (Wildman–Crippen MR) is 63.9 cm³/mol. The zero-order chi connectivity index (χ0) is 11.9. The Morgan fingerprint density at radius 3 is 2.75 bits per heavy atom. The Morgan fingerprint density at radius 1 is 1.44 bits per heavy atom. The summed E-state index contributed by atoms with van der Waals surface area (Å²) in [6, 6.07) is 1.21. The monoisotopic (exact) mass is 222 g/mol. The van der Waals surface area contributed by atoms with Crippen LogP contribution in [0.3, 0.4) is 0 Å². The first-order valence-electron chi connectivity index (χ1n) is 5.22. The van der Waals surface area contributed by atoms with E-state index in [1.807, 2.05) is 0 Å². The summed E-state index contributed by atoms with van der Waals surface area (Å²) in [6.07, 6.45) is 0.547. The Balaban J connectivity index is 2.85. The molecular weight excluding hydrogens is 209 g/mol. The fraction of sp³-hybridized carbons (Fsp3) is 0.273. The van der Waals surface area contributed by atoms with Crippen LogP contribution in [0, 0.1) is 18.6 Å². The highest BCUT2D eigenvalue weighted by molar-refractivity contribution is 6.33. The molecule has 1 heterocycles. The van der Waals surface area contributed by atoms with Crippen molar-refractivity contribution in [2.45, 2.75) is 13.3 Å². The molecule has 0 atom stereocenters. The van der Waals surface area contributed by atoms with E-state index in [2.05, 4.69) is 4.98 Å². The van der Waals surface area contributed by atoms with E-state index in [4.69, 9.17) is 5.73 Å². The maximum absolute atomic E-state index is 13.9. The van der Waals surface area contributed by atoms with Gasteiger partial charge in [0.1, 0.15) is 19.5 Å². The molecule has 0 fully saturated rings. The molecule has 1 aromatic carbocycles. The number of H-pyrrole nitrogens is 1. The second-order valence-electron chi connectivity index (χ2n) is 4.01. The number of nitrogens with one attached hydrogen (secondary N) is 1. The SMILES string of the molecule is Bc1cc(F)c2[nH]c(C)c(CCN)c2c1F. The highest BCUT2D eigenvalue weighted by Crippen LogP contribution is 2.26. The fourth-order valence-corrected chi connectivity index (χ4v) is 2.06. The average Bonchev–Trinajstić information content (AvgIpc) is 2.55. The van der Waals surface area contributed by atoms with Crippen LogP contribution in [0.2, 0.25) is 0 Å². The molecule has 3 N–H and O–H groups in total. The van der Waals surface area contributed by atoms with Gasteiger partial charge in [0, 0.05) is 11.1 Å². The molecular formula is C11H13BF2N2. The molecule has 2 aromatic rings. The summed E-state index contributed by atoms with van der Waals surface area (Å²) < 4.78 is 27.6. The predicted octanol–water partition coefficient (Wildman–Crippen LogP) is 0.514. The van der Waals surface area contributed by atoms with Crippen molar-refractivity contribution < 1.29 is 8.78 Å². The van der Waals surface area contributed by atoms with Crippen molar-refractivity contribution in [2.24, 2.45) is 5.73 Å². The smallest absolute Gasteiger partial charge is 0.146 e. The van der Waals surface area contributed by atoms with Crippen LogP contribution in [0.15, 0.2) is 6.07 Å². The number of hydrogen-bond donors (Lipinski definition) is 2. The molecule has 84 valence electrons. The van der Waals surface area contributed by atoms with Crippen molar-refractivity contribution in [3.05, 3.63) is 29.0 Å². The summed E-state index contributed by atoms with van der Waals surface area (Å²) in [5.74, 6) is -0.774. The number of aromatic nitrogens is 1. The summed E-state index contributed by atoms with van der Waals surface area (Å²) in [4.78, 5) is 2.88. The summed E-state index contributed by atoms with van der Waals surface area (Å²) in [6.45, 7) is 2.22. The van der Waals surface area contributed by atoms with E-state index in [0.29, 0.717) is 23.8 Å². The lowest BCUT2D eigenvalue weighted by atomic mass is 9.92. The maximum atomic E-state index is 13.9. The van der Waals surface area contributed by atoms with Crippen molar-refractivity contribution in [2.75, 3.05) is 6.54 Å². The molecule has 2 nitrogen and oxygen atoms in total. The minimum absolute atomic E-state index is 0.240. The van der Waals surface area contributed by atoms with E-state index in [9.17, 15) is 8.78 Å². The van der Waals surface area contributed by atoms with Gasteiger partial charge in [0.2, 0.25) is 0 Å². The Kier molecular flexibility index (Phi) is 2.72. The largest absolute Gasteiger partial charge is 0.356 e. The van der Waals surface area contributed by atoms with E-state index in [0.717, 1.165) is 11.3 Å². The van der Waals surface area contributed by atoms with Crippen molar-refractivity contribution in [3.8, 4) is 0 Å². The molecule has 0 bridgehead atoms. The number of nitrogens with two attached hydrogens (primary N) is 1. The second-order valence-corrected chi connectivity index (χ2v) is 4.01. The molecule has 0 saturated heterocycles. The van der Waals surface area contributed by atoms with Gasteiger partial charge in [-0.25, -0.2) is 8.78 Å². The Morgan fingerprint density at radius 2 is 2.12 bits per heavy atom. The molecule has 0 unspecified atom stereocenters. The minimum Gasteiger partial charge on any atom is -0.356 e. The molecule has 5 heteroatoms. The van der Waals surface area contributed by atoms with Crippen molar-refractivity contribution in [1.29, 1.82) is 0 Å². The van der Waals surface area contributed by atoms with Gasteiger partial charge in [-0.15, -0.1) is 0 Å². The highest BCUT2D eigenvalue weighted by atomic mass is 19.1. The van der Waals surface area contributed by atoms with Gasteiger partial charge in [-0.1, -0.05) is 5.46 Å². The first kappa shape index (κ1) is 11.1. The topological polar surface area (TPSA) is 41.8 Å². The van der Waals surface area contributed by atoms with Crippen LogP contribution in [0.1, 0.15) is 11.3 Å². The molecule has 0 spiro atoms. The van der Waals surface area contributed by atoms with Crippen LogP contribution in [0.5, 0.6) is 0 Å². The third-order valence-corrected chi connectivity index (χ3v) is 2.86. The van der Waals surface area contributed by atoms with E-state index in [1.54, 1.807) is 14.8 Å². The second kappa shape index (κ2) is 3.90. The average molecular weight is 222 g/mol. The van der Waals surface area contributed by atoms with E-state index in [-0.39, 0.29) is 11.3 Å². The van der Waals surface area contributed by atoms with Gasteiger partial charge in [0.15, 0.2) is 0 Å². The van der Waals surface area contributed by atoms with Gasteiger partial charge in [0.05, 0.1) is 5.52 Å². The Labute approximate surface area is 93.2 Å². The molecule has 0 aliphatic rings. The summed E-state index contributed by atoms with van der Waals surface area (Å²) in [5, 5.41) is 0.348. The van der Waals surface area contributed by atoms with Gasteiger partial charge in [-0.3, -0.25) is 0 Å². The van der Waals surface area contributed by atoms with Crippen LogP contribution >= 0.6 is 0 Å². The highest BCUT2D eigenvalue weighted by Gasteiger charge is 2.17. The molecule has 0 saturated carbocycles. The first-order valence-corrected chi connectivity index (χ1v) is 5.22. The zero-order valence-corrected chi connectivity index (χ0v) is 9.32. The van der Waals surface area contributed by atoms with E-state index < -0.39 is 5.82 Å². The summed E-state index contributed by atoms with van der Waals surface area (Å²) in [5.41, 5.74) is 7.59. The van der Waals surface area contributed by atoms with Crippen molar-refractivity contribution >= 4 is 24.2 Å². The normalized spacial score (nSPS) is 11.2. The van der Waals surface area contributed by atoms with Crippen LogP contribution < -0.4 is 11.2 Å². The standard InChI is InChI=1S/C11H13BF2N2/c1-5-6(2-3-15)9-10(14)7(12)4-8(13)11(9)16-5/h4,16H,2-3,12,15H2,1H3. The molecule has 0 aliphatic heterocycles. The number of hydrogen-bond acceptors (Lipinski definition) is 1. The van der Waals surface area contributed by atoms with Gasteiger partial charge in [-0.2, -0.15) is 0 Å². The lowest BCUT2D eigenvalue weighted by molar-refractivity contribution is 0.622. The van der Waals surface area contributed by atoms with Gasteiger partial charge in [-0.05, 0) is 31.5 Å². The van der Waals surface area contributed by atoms with Crippen LogP contribution in [0.4, 0.5) is 8.78 Å². The quantitative estimate of drug-likeness (QED) is 0.714. The van der Waals surface area contributed by atoms with Gasteiger partial charge in [0.25, 0.3) is 0 Å². The molecule has 16 heavy (non-hydrogen) atoms. The lowest BCUT2D eigenvalue weighted by Gasteiger charge is -2.03. The summed E-state index contributed by atoms with van der Waals surface area (Å²) in [7, 11) is 1.56. The molecule has 2 rings (SSSR count). The fourth-order valence-electron chi connectivity index (χ4n) is 2.06. The minimum atomic E-state index is -0.416. The van der Waals surface area contributed by atoms with Crippen molar-refractivity contribution in [1.82, 2.24) is 4.98 Å². The summed E-state index contributed by atoms with van der Waals surface area (Å²) >= 11 is 0. The van der Waals surface area contributed by atoms with E-state index >= 15 is 0 Å². The van der Waals surface area contributed by atoms with Crippen molar-refractivity contribution in [3.63, 3.8) is 0 Å². The van der Waals surface area contributed by atoms with Crippen LogP contribution in [0.25, 0.3) is 10.9 Å². The molecule has 1 aromatic heterocycles. The zero-order valence-electron chi connectivity index (χ0n) is 9.32. The third kappa shape index (κ3) is 1.51. The number of rotatable bonds is 2. The third-order valence-electron chi connectivity index (χ3n) is 2.86. The van der Waals surface area contributed by atoms with Gasteiger partial charge < -0.3 is 10.7 Å². The van der Waals surface area contributed by atoms with Crippen LogP contribution in [-0.2, 0) is 6.42 Å². The number of fused-ring (bicyclic) bond motifs is 1. The number of benzene rings is 1. The lowest BCUT2D eigenvalue weighted by Crippen LogP contribution is -2.11. The number of aryl methyl sites for hydroxylation is 1. The van der Waals surface area contributed by atoms with E-state index in [1.165, 1.54) is 6.07 Å². The number of aromatic amines is 1. The Hall–Kier alpha value is -1.36. The first-order chi connectivity index (χ1) is 7.56.